The Labute approximate surface area is 200 Å². The predicted octanol–water partition coefficient (Wildman–Crippen LogP) is 4.39. The van der Waals surface area contributed by atoms with Gasteiger partial charge < -0.3 is 14.3 Å². The fourth-order valence-corrected chi connectivity index (χ4v) is 5.51. The van der Waals surface area contributed by atoms with Crippen molar-refractivity contribution in [2.24, 2.45) is 5.92 Å². The van der Waals surface area contributed by atoms with Crippen LogP contribution in [0.2, 0.25) is 0 Å². The van der Waals surface area contributed by atoms with Crippen LogP contribution in [0.4, 0.5) is 0 Å². The van der Waals surface area contributed by atoms with E-state index in [1.165, 1.54) is 24.0 Å². The Balaban J connectivity index is 1.18. The van der Waals surface area contributed by atoms with Gasteiger partial charge in [0.25, 0.3) is 0 Å². The van der Waals surface area contributed by atoms with Gasteiger partial charge in [-0.1, -0.05) is 6.07 Å². The van der Waals surface area contributed by atoms with Gasteiger partial charge >= 0.3 is 0 Å². The number of amides is 1. The molecule has 0 atom stereocenters. The first-order valence-corrected chi connectivity index (χ1v) is 12.4. The maximum atomic E-state index is 13.2. The molecule has 1 aliphatic heterocycles. The van der Waals surface area contributed by atoms with Gasteiger partial charge in [-0.2, -0.15) is 0 Å². The van der Waals surface area contributed by atoms with Crippen LogP contribution < -0.4 is 5.32 Å². The zero-order valence-electron chi connectivity index (χ0n) is 20.1. The molecule has 0 bridgehead atoms. The Kier molecular flexibility index (Phi) is 6.42. The number of nitrogens with one attached hydrogen (secondary N) is 1. The molecule has 2 aromatic heterocycles. The van der Waals surface area contributed by atoms with Crippen LogP contribution in [0.3, 0.4) is 0 Å². The van der Waals surface area contributed by atoms with Crippen LogP contribution in [-0.2, 0) is 24.2 Å². The Morgan fingerprint density at radius 3 is 2.62 bits per heavy atom. The van der Waals surface area contributed by atoms with Crippen LogP contribution >= 0.6 is 0 Å². The second kappa shape index (κ2) is 9.63. The lowest BCUT2D eigenvalue weighted by Gasteiger charge is -2.30. The fourth-order valence-electron chi connectivity index (χ4n) is 5.51. The molecule has 2 aliphatic rings. The molecule has 1 N–H and O–H groups in total. The summed E-state index contributed by atoms with van der Waals surface area (Å²) in [6, 6.07) is 12.4. The second-order valence-electron chi connectivity index (χ2n) is 9.70. The highest BCUT2D eigenvalue weighted by atomic mass is 16.3. The number of nitrogens with zero attached hydrogens (tertiary/aromatic N) is 2. The number of Topliss-reactive ketones (excluding diaryl/α,β-unsaturated/α-hetero) is 1. The van der Waals surface area contributed by atoms with E-state index in [2.05, 4.69) is 39.9 Å². The number of furan rings is 1. The highest BCUT2D eigenvalue weighted by Gasteiger charge is 2.27. The number of carbonyl (C=O) groups excluding carboxylic acids is 2. The number of piperidine rings is 1. The van der Waals surface area contributed by atoms with Crippen LogP contribution in [0, 0.1) is 19.8 Å². The number of ketones is 1. The van der Waals surface area contributed by atoms with E-state index in [4.69, 9.17) is 4.42 Å². The third kappa shape index (κ3) is 4.60. The zero-order chi connectivity index (χ0) is 23.7. The lowest BCUT2D eigenvalue weighted by molar-refractivity contribution is -0.126. The van der Waals surface area contributed by atoms with E-state index in [0.29, 0.717) is 13.1 Å². The average Bonchev–Trinajstić information content (AvgIpc) is 3.58. The molecule has 5 rings (SSSR count). The minimum atomic E-state index is -0.00816. The number of hydrogen-bond acceptors (Lipinski definition) is 4. The van der Waals surface area contributed by atoms with Crippen molar-refractivity contribution in [3.05, 3.63) is 76.5 Å². The van der Waals surface area contributed by atoms with Crippen molar-refractivity contribution in [2.45, 2.75) is 52.5 Å². The smallest absolute Gasteiger partial charge is 0.223 e. The molecule has 6 heteroatoms. The molecule has 1 aromatic carbocycles. The summed E-state index contributed by atoms with van der Waals surface area (Å²) in [4.78, 5) is 27.9. The van der Waals surface area contributed by atoms with E-state index >= 15 is 0 Å². The van der Waals surface area contributed by atoms with E-state index in [9.17, 15) is 9.59 Å². The molecule has 1 aliphatic carbocycles. The van der Waals surface area contributed by atoms with Crippen molar-refractivity contribution in [3.63, 3.8) is 0 Å². The molecule has 1 fully saturated rings. The van der Waals surface area contributed by atoms with Gasteiger partial charge in [0.2, 0.25) is 5.91 Å². The molecule has 0 saturated carbocycles. The SMILES string of the molecule is Cc1cc(C(=O)CN2CCC(C(=O)NCc3ccco3)CC2)c(C)n1-c1ccc2c(c1)CCC2. The summed E-state index contributed by atoms with van der Waals surface area (Å²) < 4.78 is 7.49. The summed E-state index contributed by atoms with van der Waals surface area (Å²) in [7, 11) is 0. The van der Waals surface area contributed by atoms with E-state index in [0.717, 1.165) is 60.8 Å². The lowest BCUT2D eigenvalue weighted by Crippen LogP contribution is -2.42. The molecule has 34 heavy (non-hydrogen) atoms. The van der Waals surface area contributed by atoms with Gasteiger partial charge in [0, 0.05) is 28.6 Å². The number of hydrogen-bond donors (Lipinski definition) is 1. The van der Waals surface area contributed by atoms with Crippen molar-refractivity contribution >= 4 is 11.7 Å². The van der Waals surface area contributed by atoms with Gasteiger partial charge in [0.1, 0.15) is 5.76 Å². The molecule has 178 valence electrons. The number of benzene rings is 1. The van der Waals surface area contributed by atoms with E-state index in [-0.39, 0.29) is 17.6 Å². The standard InChI is InChI=1S/C28H33N3O3/c1-19-15-26(20(2)31(19)24-9-8-21-5-3-6-23(21)16-24)27(32)18-30-12-10-22(11-13-30)28(33)29-17-25-7-4-14-34-25/h4,7-9,14-16,22H,3,5-6,10-13,17-18H2,1-2H3,(H,29,33). The van der Waals surface area contributed by atoms with Crippen LogP contribution in [-0.4, -0.2) is 40.8 Å². The van der Waals surface area contributed by atoms with Crippen molar-refractivity contribution in [1.82, 2.24) is 14.8 Å². The highest BCUT2D eigenvalue weighted by Crippen LogP contribution is 2.28. The first-order valence-electron chi connectivity index (χ1n) is 12.4. The first kappa shape index (κ1) is 22.7. The van der Waals surface area contributed by atoms with Crippen molar-refractivity contribution in [2.75, 3.05) is 19.6 Å². The van der Waals surface area contributed by atoms with Crippen molar-refractivity contribution in [3.8, 4) is 5.69 Å². The van der Waals surface area contributed by atoms with E-state index in [1.807, 2.05) is 25.1 Å². The first-order chi connectivity index (χ1) is 16.5. The third-order valence-electron chi connectivity index (χ3n) is 7.41. The Morgan fingerprint density at radius 2 is 1.85 bits per heavy atom. The van der Waals surface area contributed by atoms with Crippen molar-refractivity contribution < 1.29 is 14.0 Å². The van der Waals surface area contributed by atoms with Gasteiger partial charge in [0.15, 0.2) is 5.78 Å². The van der Waals surface area contributed by atoms with Crippen molar-refractivity contribution in [1.29, 1.82) is 0 Å². The minimum Gasteiger partial charge on any atom is -0.467 e. The number of rotatable bonds is 7. The average molecular weight is 460 g/mol. The Hall–Kier alpha value is -3.12. The Morgan fingerprint density at radius 1 is 1.06 bits per heavy atom. The molecular formula is C28H33N3O3. The summed E-state index contributed by atoms with van der Waals surface area (Å²) in [5.74, 6) is 0.974. The van der Waals surface area contributed by atoms with Crippen LogP contribution in [0.5, 0.6) is 0 Å². The predicted molar refractivity (Wildman–Crippen MR) is 131 cm³/mol. The molecular weight excluding hydrogens is 426 g/mol. The second-order valence-corrected chi connectivity index (χ2v) is 9.70. The molecule has 1 amide bonds. The molecule has 1 saturated heterocycles. The third-order valence-corrected chi connectivity index (χ3v) is 7.41. The largest absolute Gasteiger partial charge is 0.467 e. The normalized spacial score (nSPS) is 16.5. The topological polar surface area (TPSA) is 67.5 Å². The van der Waals surface area contributed by atoms with Gasteiger partial charge in [0.05, 0.1) is 19.4 Å². The van der Waals surface area contributed by atoms with Crippen LogP contribution in [0.1, 0.15) is 57.9 Å². The molecule has 3 heterocycles. The van der Waals surface area contributed by atoms with Crippen LogP contribution in [0.25, 0.3) is 5.69 Å². The number of aryl methyl sites for hydroxylation is 3. The fraction of sp³-hybridized carbons (Fsp3) is 0.429. The lowest BCUT2D eigenvalue weighted by atomic mass is 9.95. The van der Waals surface area contributed by atoms with Gasteiger partial charge in [-0.3, -0.25) is 14.5 Å². The summed E-state index contributed by atoms with van der Waals surface area (Å²) >= 11 is 0. The number of fused-ring (bicyclic) bond motifs is 1. The quantitative estimate of drug-likeness (QED) is 0.532. The van der Waals surface area contributed by atoms with E-state index < -0.39 is 0 Å². The Bertz CT molecular complexity index is 1180. The van der Waals surface area contributed by atoms with Crippen LogP contribution in [0.15, 0.2) is 47.1 Å². The summed E-state index contributed by atoms with van der Waals surface area (Å²) in [5, 5.41) is 2.96. The zero-order valence-corrected chi connectivity index (χ0v) is 20.1. The minimum absolute atomic E-state index is 0.00816. The molecule has 0 unspecified atom stereocenters. The summed E-state index contributed by atoms with van der Waals surface area (Å²) in [5.41, 5.74) is 6.94. The van der Waals surface area contributed by atoms with Gasteiger partial charge in [-0.25, -0.2) is 0 Å². The molecule has 0 radical (unpaired) electrons. The summed E-state index contributed by atoms with van der Waals surface area (Å²) in [6.45, 7) is 6.45. The van der Waals surface area contributed by atoms with Gasteiger partial charge in [-0.05, 0) is 100 Å². The summed E-state index contributed by atoms with van der Waals surface area (Å²) in [6.07, 6.45) is 6.70. The van der Waals surface area contributed by atoms with E-state index in [1.54, 1.807) is 6.26 Å². The maximum absolute atomic E-state index is 13.2. The highest BCUT2D eigenvalue weighted by molar-refractivity contribution is 5.99. The number of carbonyl (C=O) groups is 2. The number of aromatic nitrogens is 1. The van der Waals surface area contributed by atoms with Gasteiger partial charge in [-0.15, -0.1) is 0 Å². The molecule has 3 aromatic rings. The monoisotopic (exact) mass is 459 g/mol. The molecule has 0 spiro atoms. The maximum Gasteiger partial charge on any atom is 0.223 e. The number of likely N-dealkylation sites (tertiary alicyclic amines) is 1. The molecule has 6 nitrogen and oxygen atoms in total.